The number of benzene rings is 2. The van der Waals surface area contributed by atoms with Crippen molar-refractivity contribution in [1.82, 2.24) is 0 Å². The Morgan fingerprint density at radius 3 is 2.20 bits per heavy atom. The van der Waals surface area contributed by atoms with Gasteiger partial charge in [0.1, 0.15) is 6.29 Å². The third-order valence-corrected chi connectivity index (χ3v) is 5.94. The molecule has 0 amide bonds. The van der Waals surface area contributed by atoms with Gasteiger partial charge >= 0.3 is 0 Å². The van der Waals surface area contributed by atoms with Gasteiger partial charge in [0.2, 0.25) is 0 Å². The highest BCUT2D eigenvalue weighted by molar-refractivity contribution is 5.82. The molecule has 0 N–H and O–H groups in total. The second kappa shape index (κ2) is 7.56. The first-order chi connectivity index (χ1) is 12.2. The van der Waals surface area contributed by atoms with E-state index < -0.39 is 0 Å². The summed E-state index contributed by atoms with van der Waals surface area (Å²) in [7, 11) is 0. The predicted octanol–water partition coefficient (Wildman–Crippen LogP) is 6.64. The van der Waals surface area contributed by atoms with Crippen LogP contribution in [0.5, 0.6) is 0 Å². The van der Waals surface area contributed by atoms with Gasteiger partial charge in [0.15, 0.2) is 0 Å². The van der Waals surface area contributed by atoms with Crippen molar-refractivity contribution in [2.75, 3.05) is 0 Å². The predicted molar refractivity (Wildman–Crippen MR) is 106 cm³/mol. The highest BCUT2D eigenvalue weighted by Crippen LogP contribution is 2.54. The molecule has 3 rings (SSSR count). The Morgan fingerprint density at radius 1 is 0.920 bits per heavy atom. The molecule has 0 heterocycles. The Hall–Kier alpha value is -1.89. The van der Waals surface area contributed by atoms with Gasteiger partial charge in [0, 0.05) is 11.3 Å². The van der Waals surface area contributed by atoms with Gasteiger partial charge in [-0.05, 0) is 40.7 Å². The lowest BCUT2D eigenvalue weighted by atomic mass is 9.70. The van der Waals surface area contributed by atoms with E-state index in [1.807, 2.05) is 6.92 Å². The topological polar surface area (TPSA) is 17.1 Å². The van der Waals surface area contributed by atoms with Crippen LogP contribution in [-0.2, 0) is 10.2 Å². The number of rotatable bonds is 8. The average Bonchev–Trinajstić information content (AvgIpc) is 2.94. The first-order valence-electron chi connectivity index (χ1n) is 9.87. The lowest BCUT2D eigenvalue weighted by Crippen LogP contribution is -2.25. The van der Waals surface area contributed by atoms with Crippen molar-refractivity contribution in [3.63, 3.8) is 0 Å². The van der Waals surface area contributed by atoms with Crippen LogP contribution in [0.2, 0.25) is 0 Å². The fourth-order valence-electron chi connectivity index (χ4n) is 4.46. The van der Waals surface area contributed by atoms with Crippen molar-refractivity contribution in [3.05, 3.63) is 59.2 Å². The van der Waals surface area contributed by atoms with Crippen molar-refractivity contribution in [3.8, 4) is 11.1 Å². The summed E-state index contributed by atoms with van der Waals surface area (Å²) in [5, 5.41) is 0. The van der Waals surface area contributed by atoms with Crippen LogP contribution in [0, 0.1) is 0 Å². The Bertz CT molecular complexity index is 736. The maximum absolute atomic E-state index is 11.3. The molecule has 2 aromatic rings. The largest absolute Gasteiger partial charge is 0.303 e. The Morgan fingerprint density at radius 2 is 1.56 bits per heavy atom. The molecule has 1 aliphatic rings. The average molecular weight is 335 g/mol. The van der Waals surface area contributed by atoms with Crippen LogP contribution in [0.3, 0.4) is 0 Å². The van der Waals surface area contributed by atoms with Crippen LogP contribution in [0.4, 0.5) is 0 Å². The van der Waals surface area contributed by atoms with Gasteiger partial charge < -0.3 is 4.79 Å². The third-order valence-electron chi connectivity index (χ3n) is 5.94. The van der Waals surface area contributed by atoms with Gasteiger partial charge in [-0.3, -0.25) is 0 Å². The van der Waals surface area contributed by atoms with Crippen molar-refractivity contribution in [1.29, 1.82) is 0 Å². The molecule has 0 aliphatic heterocycles. The van der Waals surface area contributed by atoms with E-state index in [0.717, 1.165) is 11.8 Å². The fraction of sp³-hybridized carbons (Fsp3) is 0.458. The molecule has 1 nitrogen and oxygen atoms in total. The zero-order chi connectivity index (χ0) is 17.9. The van der Waals surface area contributed by atoms with E-state index >= 15 is 0 Å². The van der Waals surface area contributed by atoms with Crippen LogP contribution < -0.4 is 0 Å². The molecule has 25 heavy (non-hydrogen) atoms. The first kappa shape index (κ1) is 17.9. The van der Waals surface area contributed by atoms with E-state index in [-0.39, 0.29) is 11.3 Å². The van der Waals surface area contributed by atoms with Crippen LogP contribution in [-0.4, -0.2) is 6.29 Å². The number of carbonyl (C=O) groups is 1. The number of hydrogen-bond donors (Lipinski definition) is 0. The lowest BCUT2D eigenvalue weighted by Gasteiger charge is -2.33. The molecule has 0 radical (unpaired) electrons. The summed E-state index contributed by atoms with van der Waals surface area (Å²) >= 11 is 0. The summed E-state index contributed by atoms with van der Waals surface area (Å²) in [5.41, 5.74) is 7.01. The number of hydrogen-bond acceptors (Lipinski definition) is 1. The van der Waals surface area contributed by atoms with Crippen LogP contribution in [0.15, 0.2) is 42.5 Å². The summed E-state index contributed by atoms with van der Waals surface area (Å²) in [6.45, 7) is 6.55. The van der Waals surface area contributed by atoms with E-state index in [1.54, 1.807) is 0 Å². The highest BCUT2D eigenvalue weighted by atomic mass is 16.1. The lowest BCUT2D eigenvalue weighted by molar-refractivity contribution is -0.108. The molecule has 1 atom stereocenters. The third kappa shape index (κ3) is 3.05. The number of carbonyl (C=O) groups excluding carboxylic acids is 1. The minimum absolute atomic E-state index is 0.0379. The molecule has 1 heteroatoms. The normalized spacial score (nSPS) is 15.5. The monoisotopic (exact) mass is 334 g/mol. The summed E-state index contributed by atoms with van der Waals surface area (Å²) in [5.74, 6) is -0.0379. The molecule has 1 unspecified atom stereocenters. The zero-order valence-electron chi connectivity index (χ0n) is 15.8. The summed E-state index contributed by atoms with van der Waals surface area (Å²) < 4.78 is 0. The van der Waals surface area contributed by atoms with E-state index in [0.29, 0.717) is 0 Å². The van der Waals surface area contributed by atoms with Crippen molar-refractivity contribution in [2.24, 2.45) is 0 Å². The molecule has 132 valence electrons. The van der Waals surface area contributed by atoms with Gasteiger partial charge in [0.05, 0.1) is 0 Å². The molecule has 0 saturated carbocycles. The SMILES string of the molecule is CCCCC1(CCCC)c2ccccc2-c2ccc(C(C)C=O)cc21. The molecule has 2 aromatic carbocycles. The fourth-order valence-corrected chi connectivity index (χ4v) is 4.46. The molecular weight excluding hydrogens is 304 g/mol. The standard InChI is InChI=1S/C24H30O/c1-4-6-14-24(15-7-5-2)22-11-9-8-10-20(22)21-13-12-19(16-23(21)24)18(3)17-25/h8-13,16-18H,4-7,14-15H2,1-3H3. The molecule has 1 aliphatic carbocycles. The number of fused-ring (bicyclic) bond motifs is 3. The molecular formula is C24H30O. The molecule has 0 saturated heterocycles. The van der Waals surface area contributed by atoms with E-state index in [2.05, 4.69) is 56.3 Å². The minimum Gasteiger partial charge on any atom is -0.303 e. The minimum atomic E-state index is -0.0379. The van der Waals surface area contributed by atoms with E-state index in [9.17, 15) is 4.79 Å². The second-order valence-corrected chi connectivity index (χ2v) is 7.56. The molecule has 0 spiro atoms. The number of aldehydes is 1. The van der Waals surface area contributed by atoms with Crippen LogP contribution in [0.1, 0.15) is 81.9 Å². The van der Waals surface area contributed by atoms with Crippen LogP contribution >= 0.6 is 0 Å². The Balaban J connectivity index is 2.20. The summed E-state index contributed by atoms with van der Waals surface area (Å²) in [6.07, 6.45) is 8.38. The maximum atomic E-state index is 11.3. The van der Waals surface area contributed by atoms with Gasteiger partial charge in [-0.2, -0.15) is 0 Å². The van der Waals surface area contributed by atoms with Crippen molar-refractivity contribution in [2.45, 2.75) is 70.6 Å². The Labute approximate surface area is 152 Å². The van der Waals surface area contributed by atoms with Gasteiger partial charge in [-0.15, -0.1) is 0 Å². The summed E-state index contributed by atoms with van der Waals surface area (Å²) in [4.78, 5) is 11.3. The van der Waals surface area contributed by atoms with Crippen molar-refractivity contribution < 1.29 is 4.79 Å². The second-order valence-electron chi connectivity index (χ2n) is 7.56. The quantitative estimate of drug-likeness (QED) is 0.495. The molecule has 0 bridgehead atoms. The van der Waals surface area contributed by atoms with Gasteiger partial charge in [0.25, 0.3) is 0 Å². The molecule has 0 fully saturated rings. The maximum Gasteiger partial charge on any atom is 0.127 e. The van der Waals surface area contributed by atoms with Gasteiger partial charge in [-0.1, -0.05) is 88.9 Å². The number of unbranched alkanes of at least 4 members (excludes halogenated alkanes) is 2. The van der Waals surface area contributed by atoms with Crippen molar-refractivity contribution >= 4 is 6.29 Å². The van der Waals surface area contributed by atoms with Gasteiger partial charge in [-0.25, -0.2) is 0 Å². The highest BCUT2D eigenvalue weighted by Gasteiger charge is 2.42. The molecule has 0 aromatic heterocycles. The van der Waals surface area contributed by atoms with Crippen LogP contribution in [0.25, 0.3) is 11.1 Å². The van der Waals surface area contributed by atoms with E-state index in [4.69, 9.17) is 0 Å². The summed E-state index contributed by atoms with van der Waals surface area (Å²) in [6, 6.07) is 15.7. The smallest absolute Gasteiger partial charge is 0.127 e. The first-order valence-corrected chi connectivity index (χ1v) is 9.87. The zero-order valence-corrected chi connectivity index (χ0v) is 15.8. The van der Waals surface area contributed by atoms with E-state index in [1.165, 1.54) is 60.8 Å². The Kier molecular flexibility index (Phi) is 5.42.